The van der Waals surface area contributed by atoms with Crippen LogP contribution >= 0.6 is 0 Å². The molecule has 3 atom stereocenters. The predicted octanol–water partition coefficient (Wildman–Crippen LogP) is 1.39. The Kier molecular flexibility index (Phi) is 4.21. The molecule has 30 heavy (non-hydrogen) atoms. The van der Waals surface area contributed by atoms with Gasteiger partial charge in [0.2, 0.25) is 11.8 Å². The zero-order valence-corrected chi connectivity index (χ0v) is 17.2. The average Bonchev–Trinajstić information content (AvgIpc) is 3.50. The number of aromatic amines is 1. The van der Waals surface area contributed by atoms with E-state index in [9.17, 15) is 19.6 Å². The van der Waals surface area contributed by atoms with Gasteiger partial charge in [-0.1, -0.05) is 0 Å². The smallest absolute Gasteiger partial charge is 0.270 e. The minimum Gasteiger partial charge on any atom is -0.355 e. The van der Waals surface area contributed by atoms with E-state index in [0.29, 0.717) is 25.1 Å². The van der Waals surface area contributed by atoms with Gasteiger partial charge in [-0.3, -0.25) is 14.4 Å². The van der Waals surface area contributed by atoms with Crippen LogP contribution in [0, 0.1) is 29.6 Å². The van der Waals surface area contributed by atoms with Crippen LogP contribution in [0.15, 0.2) is 12.1 Å². The topological polar surface area (TPSA) is 118 Å². The van der Waals surface area contributed by atoms with E-state index < -0.39 is 12.1 Å². The lowest BCUT2D eigenvalue weighted by molar-refractivity contribution is -0.126. The molecule has 5 rings (SSSR count). The molecule has 1 aromatic heterocycles. The zero-order chi connectivity index (χ0) is 21.1. The number of hydrogen-bond donors (Lipinski definition) is 3. The third-order valence-electron chi connectivity index (χ3n) is 7.33. The van der Waals surface area contributed by atoms with Crippen molar-refractivity contribution in [3.8, 4) is 6.07 Å². The highest BCUT2D eigenvalue weighted by atomic mass is 16.2. The van der Waals surface area contributed by atoms with Crippen molar-refractivity contribution in [1.82, 2.24) is 20.5 Å². The third kappa shape index (κ3) is 3.36. The molecule has 2 aliphatic heterocycles. The summed E-state index contributed by atoms with van der Waals surface area (Å²) in [7, 11) is 0. The highest BCUT2D eigenvalue weighted by Crippen LogP contribution is 2.55. The summed E-state index contributed by atoms with van der Waals surface area (Å²) >= 11 is 0. The molecule has 3 heterocycles. The Hall–Kier alpha value is -2.82. The summed E-state index contributed by atoms with van der Waals surface area (Å²) in [5, 5.41) is 15.5. The van der Waals surface area contributed by atoms with Gasteiger partial charge >= 0.3 is 0 Å². The highest BCUT2D eigenvalue weighted by Gasteiger charge is 2.56. The maximum absolute atomic E-state index is 13.1. The quantitative estimate of drug-likeness (QED) is 0.681. The van der Waals surface area contributed by atoms with E-state index in [2.05, 4.69) is 21.7 Å². The van der Waals surface area contributed by atoms with E-state index in [-0.39, 0.29) is 34.6 Å². The van der Waals surface area contributed by atoms with Crippen molar-refractivity contribution in [3.63, 3.8) is 0 Å². The Labute approximate surface area is 175 Å². The largest absolute Gasteiger partial charge is 0.355 e. The first kappa shape index (κ1) is 19.2. The summed E-state index contributed by atoms with van der Waals surface area (Å²) in [5.74, 6) is -0.720. The van der Waals surface area contributed by atoms with E-state index in [4.69, 9.17) is 0 Å². The number of rotatable bonds is 5. The number of carbonyl (C=O) groups is 3. The normalized spacial score (nSPS) is 28.3. The summed E-state index contributed by atoms with van der Waals surface area (Å²) in [5.41, 5.74) is 1.38. The second kappa shape index (κ2) is 6.59. The summed E-state index contributed by atoms with van der Waals surface area (Å²) in [4.78, 5) is 43.1. The second-order valence-electron chi connectivity index (χ2n) is 9.80. The van der Waals surface area contributed by atoms with E-state index >= 15 is 0 Å². The monoisotopic (exact) mass is 409 g/mol. The van der Waals surface area contributed by atoms with Crippen LogP contribution in [-0.4, -0.2) is 51.8 Å². The predicted molar refractivity (Wildman–Crippen MR) is 107 cm³/mol. The second-order valence-corrected chi connectivity index (χ2v) is 9.80. The summed E-state index contributed by atoms with van der Waals surface area (Å²) < 4.78 is 0. The standard InChI is InChI=1S/C22H27N5O3/c1-13-2-3-16(24-13)20(30)27-12-21(4-5-21)10-17(27)19(29)25-15(11-23)8-14-9-22(6-7-22)26-18(14)28/h2-3,14-15,17,24H,4-10,12H2,1H3,(H,25,29)(H,26,28)/t14-,15+,17+/m1/s1. The van der Waals surface area contributed by atoms with Gasteiger partial charge in [0.05, 0.1) is 6.07 Å². The molecule has 0 unspecified atom stereocenters. The van der Waals surface area contributed by atoms with Crippen molar-refractivity contribution in [2.75, 3.05) is 6.54 Å². The SMILES string of the molecule is Cc1ccc(C(=O)N2CC3(CC3)C[C@H]2C(=O)N[C@H](C#N)C[C@@H]2CC3(CC3)NC2=O)[nH]1. The van der Waals surface area contributed by atoms with Crippen molar-refractivity contribution in [1.29, 1.82) is 5.26 Å². The first-order chi connectivity index (χ1) is 14.3. The molecule has 2 spiro atoms. The van der Waals surface area contributed by atoms with Crippen molar-refractivity contribution >= 4 is 17.7 Å². The fraction of sp³-hybridized carbons (Fsp3) is 0.636. The number of nitriles is 1. The van der Waals surface area contributed by atoms with Crippen LogP contribution in [0.2, 0.25) is 0 Å². The minimum absolute atomic E-state index is 0.0151. The number of H-pyrrole nitrogens is 1. The molecule has 4 fully saturated rings. The van der Waals surface area contributed by atoms with Gasteiger partial charge in [-0.05, 0) is 69.4 Å². The van der Waals surface area contributed by atoms with E-state index in [0.717, 1.165) is 37.8 Å². The van der Waals surface area contributed by atoms with Gasteiger partial charge in [0, 0.05) is 23.7 Å². The molecule has 8 nitrogen and oxygen atoms in total. The van der Waals surface area contributed by atoms with Gasteiger partial charge in [-0.15, -0.1) is 0 Å². The molecular weight excluding hydrogens is 382 g/mol. The van der Waals surface area contributed by atoms with Gasteiger partial charge in [0.15, 0.2) is 0 Å². The molecule has 0 aromatic carbocycles. The van der Waals surface area contributed by atoms with Crippen molar-refractivity contribution < 1.29 is 14.4 Å². The lowest BCUT2D eigenvalue weighted by Crippen LogP contribution is -2.49. The summed E-state index contributed by atoms with van der Waals surface area (Å²) in [6.45, 7) is 2.46. The number of nitrogens with one attached hydrogen (secondary N) is 3. The first-order valence-electron chi connectivity index (χ1n) is 10.8. The number of carbonyl (C=O) groups excluding carboxylic acids is 3. The maximum Gasteiger partial charge on any atom is 0.270 e. The molecule has 8 heteroatoms. The molecule has 2 aliphatic carbocycles. The average molecular weight is 409 g/mol. The van der Waals surface area contributed by atoms with Crippen LogP contribution in [0.1, 0.15) is 61.1 Å². The van der Waals surface area contributed by atoms with Crippen molar-refractivity contribution in [3.05, 3.63) is 23.5 Å². The highest BCUT2D eigenvalue weighted by molar-refractivity contribution is 5.97. The Morgan fingerprint density at radius 2 is 2.07 bits per heavy atom. The summed E-state index contributed by atoms with van der Waals surface area (Å²) in [6.07, 6.45) is 5.74. The van der Waals surface area contributed by atoms with Crippen LogP contribution in [-0.2, 0) is 9.59 Å². The van der Waals surface area contributed by atoms with Crippen molar-refractivity contribution in [2.45, 2.75) is 69.5 Å². The van der Waals surface area contributed by atoms with Gasteiger partial charge in [0.25, 0.3) is 5.91 Å². The van der Waals surface area contributed by atoms with Crippen molar-refractivity contribution in [2.24, 2.45) is 11.3 Å². The molecule has 1 aromatic rings. The van der Waals surface area contributed by atoms with Crippen LogP contribution in [0.3, 0.4) is 0 Å². The molecule has 2 saturated carbocycles. The number of aromatic nitrogens is 1. The van der Waals surface area contributed by atoms with E-state index in [1.54, 1.807) is 11.0 Å². The van der Waals surface area contributed by atoms with Gasteiger partial charge in [-0.2, -0.15) is 5.26 Å². The van der Waals surface area contributed by atoms with E-state index in [1.807, 2.05) is 13.0 Å². The molecule has 158 valence electrons. The minimum atomic E-state index is -0.734. The fourth-order valence-electron chi connectivity index (χ4n) is 5.17. The van der Waals surface area contributed by atoms with Gasteiger partial charge in [0.1, 0.15) is 17.8 Å². The Balaban J connectivity index is 1.27. The number of aryl methyl sites for hydroxylation is 1. The van der Waals surface area contributed by atoms with E-state index in [1.165, 1.54) is 0 Å². The van der Waals surface area contributed by atoms with Crippen LogP contribution in [0.5, 0.6) is 0 Å². The first-order valence-corrected chi connectivity index (χ1v) is 10.8. The van der Waals surface area contributed by atoms with Gasteiger partial charge in [-0.25, -0.2) is 0 Å². The fourth-order valence-corrected chi connectivity index (χ4v) is 5.17. The Morgan fingerprint density at radius 1 is 1.30 bits per heavy atom. The number of amides is 3. The van der Waals surface area contributed by atoms with Crippen LogP contribution < -0.4 is 10.6 Å². The lowest BCUT2D eigenvalue weighted by atomic mass is 9.95. The van der Waals surface area contributed by atoms with Gasteiger partial charge < -0.3 is 20.5 Å². The molecule has 2 saturated heterocycles. The van der Waals surface area contributed by atoms with Crippen LogP contribution in [0.25, 0.3) is 0 Å². The molecule has 3 amide bonds. The molecular formula is C22H27N5O3. The molecule has 0 bridgehead atoms. The lowest BCUT2D eigenvalue weighted by Gasteiger charge is -2.25. The third-order valence-corrected chi connectivity index (χ3v) is 7.33. The number of hydrogen-bond acceptors (Lipinski definition) is 4. The Morgan fingerprint density at radius 3 is 2.63 bits per heavy atom. The molecule has 0 radical (unpaired) electrons. The molecule has 4 aliphatic rings. The maximum atomic E-state index is 13.1. The van der Waals surface area contributed by atoms with Crippen LogP contribution in [0.4, 0.5) is 0 Å². The zero-order valence-electron chi connectivity index (χ0n) is 17.2. The molecule has 3 N–H and O–H groups in total. The number of nitrogens with zero attached hydrogens (tertiary/aromatic N) is 2. The Bertz CT molecular complexity index is 952. The number of likely N-dealkylation sites (tertiary alicyclic amines) is 1. The summed E-state index contributed by atoms with van der Waals surface area (Å²) in [6, 6.07) is 4.42.